The van der Waals surface area contributed by atoms with Crippen LogP contribution in [0.4, 0.5) is 5.69 Å². The molecule has 23 heavy (non-hydrogen) atoms. The van der Waals surface area contributed by atoms with Gasteiger partial charge in [-0.25, -0.2) is 18.4 Å². The van der Waals surface area contributed by atoms with Gasteiger partial charge in [-0.3, -0.25) is 4.72 Å². The number of aryl methyl sites for hydroxylation is 1. The van der Waals surface area contributed by atoms with E-state index in [9.17, 15) is 8.42 Å². The predicted octanol–water partition coefficient (Wildman–Crippen LogP) is 3.97. The summed E-state index contributed by atoms with van der Waals surface area (Å²) in [5.74, 6) is 0.654. The molecule has 2 heterocycles. The standard InChI is InChI=1S/C15H12ClN3O2S2/c1-10-17-8-7-13(18-10)11-3-2-4-12(9-11)19-23(20,21)15-6-5-14(16)22-15/h2-9,19H,1H3. The van der Waals surface area contributed by atoms with Gasteiger partial charge in [-0.05, 0) is 37.3 Å². The molecule has 0 aliphatic carbocycles. The fraction of sp³-hybridized carbons (Fsp3) is 0.0667. The first-order chi connectivity index (χ1) is 10.9. The molecule has 0 aliphatic heterocycles. The highest BCUT2D eigenvalue weighted by Gasteiger charge is 2.17. The number of sulfonamides is 1. The number of hydrogen-bond donors (Lipinski definition) is 1. The number of benzene rings is 1. The van der Waals surface area contributed by atoms with Gasteiger partial charge in [0.05, 0.1) is 10.0 Å². The second-order valence-corrected chi connectivity index (χ2v) is 8.36. The highest BCUT2D eigenvalue weighted by molar-refractivity contribution is 7.94. The Kier molecular flexibility index (Phi) is 4.34. The molecular weight excluding hydrogens is 354 g/mol. The number of thiophene rings is 1. The fourth-order valence-electron chi connectivity index (χ4n) is 2.01. The van der Waals surface area contributed by atoms with Crippen LogP contribution in [0, 0.1) is 6.92 Å². The number of nitrogens with one attached hydrogen (secondary N) is 1. The molecule has 8 heteroatoms. The molecule has 2 aromatic heterocycles. The van der Waals surface area contributed by atoms with Crippen LogP contribution in [0.1, 0.15) is 5.82 Å². The van der Waals surface area contributed by atoms with Crippen molar-refractivity contribution in [2.24, 2.45) is 0 Å². The van der Waals surface area contributed by atoms with E-state index in [2.05, 4.69) is 14.7 Å². The Labute approximate surface area is 143 Å². The molecule has 0 amide bonds. The molecule has 0 atom stereocenters. The molecule has 0 unspecified atom stereocenters. The summed E-state index contributed by atoms with van der Waals surface area (Å²) in [6, 6.07) is 11.9. The van der Waals surface area contributed by atoms with Gasteiger partial charge in [-0.1, -0.05) is 23.7 Å². The van der Waals surface area contributed by atoms with Gasteiger partial charge in [0.15, 0.2) is 0 Å². The summed E-state index contributed by atoms with van der Waals surface area (Å²) < 4.78 is 27.8. The summed E-state index contributed by atoms with van der Waals surface area (Å²) >= 11 is 6.81. The number of rotatable bonds is 4. The average Bonchev–Trinajstić information content (AvgIpc) is 2.95. The second kappa shape index (κ2) is 6.27. The van der Waals surface area contributed by atoms with Crippen LogP contribution in [0.25, 0.3) is 11.3 Å². The van der Waals surface area contributed by atoms with Crippen LogP contribution in [0.2, 0.25) is 4.34 Å². The summed E-state index contributed by atoms with van der Waals surface area (Å²) in [6.07, 6.45) is 1.67. The van der Waals surface area contributed by atoms with Crippen LogP contribution in [0.15, 0.2) is 52.9 Å². The van der Waals surface area contributed by atoms with E-state index in [1.807, 2.05) is 6.07 Å². The van der Waals surface area contributed by atoms with Gasteiger partial charge in [-0.2, -0.15) is 0 Å². The molecule has 0 spiro atoms. The van der Waals surface area contributed by atoms with E-state index in [4.69, 9.17) is 11.6 Å². The quantitative estimate of drug-likeness (QED) is 0.759. The Hall–Kier alpha value is -1.96. The summed E-state index contributed by atoms with van der Waals surface area (Å²) in [4.78, 5) is 8.39. The van der Waals surface area contributed by atoms with Gasteiger partial charge in [0.1, 0.15) is 10.0 Å². The normalized spacial score (nSPS) is 11.4. The Balaban J connectivity index is 1.91. The van der Waals surface area contributed by atoms with Gasteiger partial charge in [-0.15, -0.1) is 11.3 Å². The molecule has 0 fully saturated rings. The molecular formula is C15H12ClN3O2S2. The topological polar surface area (TPSA) is 72.0 Å². The van der Waals surface area contributed by atoms with Crippen molar-refractivity contribution in [2.45, 2.75) is 11.1 Å². The lowest BCUT2D eigenvalue weighted by atomic mass is 10.1. The van der Waals surface area contributed by atoms with Crippen molar-refractivity contribution >= 4 is 38.6 Å². The predicted molar refractivity (Wildman–Crippen MR) is 92.3 cm³/mol. The maximum atomic E-state index is 12.3. The number of anilines is 1. The summed E-state index contributed by atoms with van der Waals surface area (Å²) in [5.41, 5.74) is 2.00. The van der Waals surface area contributed by atoms with Gasteiger partial charge in [0.2, 0.25) is 0 Å². The van der Waals surface area contributed by atoms with E-state index in [0.29, 0.717) is 15.8 Å². The minimum atomic E-state index is -3.65. The smallest absolute Gasteiger partial charge is 0.271 e. The third-order valence-corrected chi connectivity index (χ3v) is 6.10. The number of aromatic nitrogens is 2. The molecule has 1 aromatic carbocycles. The van der Waals surface area contributed by atoms with Crippen LogP contribution >= 0.6 is 22.9 Å². The zero-order chi connectivity index (χ0) is 16.4. The van der Waals surface area contributed by atoms with Crippen LogP contribution in [-0.2, 0) is 10.0 Å². The Morgan fingerprint density at radius 2 is 2.00 bits per heavy atom. The fourth-order valence-corrected chi connectivity index (χ4v) is 4.54. The summed E-state index contributed by atoms with van der Waals surface area (Å²) in [6.45, 7) is 1.80. The minimum Gasteiger partial charge on any atom is -0.279 e. The molecule has 1 N–H and O–H groups in total. The lowest BCUT2D eigenvalue weighted by Gasteiger charge is -2.08. The summed E-state index contributed by atoms with van der Waals surface area (Å²) in [7, 11) is -3.65. The maximum Gasteiger partial charge on any atom is 0.271 e. The number of nitrogens with zero attached hydrogens (tertiary/aromatic N) is 2. The highest BCUT2D eigenvalue weighted by atomic mass is 35.5. The number of halogens is 1. The molecule has 3 aromatic rings. The molecule has 3 rings (SSSR count). The van der Waals surface area contributed by atoms with E-state index >= 15 is 0 Å². The first kappa shape index (κ1) is 15.9. The minimum absolute atomic E-state index is 0.172. The highest BCUT2D eigenvalue weighted by Crippen LogP contribution is 2.28. The van der Waals surface area contributed by atoms with E-state index in [1.165, 1.54) is 6.07 Å². The molecule has 0 saturated carbocycles. The van der Waals surface area contributed by atoms with Crippen LogP contribution < -0.4 is 4.72 Å². The van der Waals surface area contributed by atoms with E-state index in [1.54, 1.807) is 43.5 Å². The third-order valence-electron chi connectivity index (χ3n) is 3.00. The summed E-state index contributed by atoms with van der Waals surface area (Å²) in [5, 5.41) is 0. The molecule has 0 bridgehead atoms. The van der Waals surface area contributed by atoms with Crippen molar-refractivity contribution in [3.05, 3.63) is 58.8 Å². The lowest BCUT2D eigenvalue weighted by Crippen LogP contribution is -2.11. The molecule has 0 saturated heterocycles. The van der Waals surface area contributed by atoms with Gasteiger partial charge in [0.25, 0.3) is 10.0 Å². The van der Waals surface area contributed by atoms with Crippen LogP contribution in [0.5, 0.6) is 0 Å². The molecule has 0 radical (unpaired) electrons. The van der Waals surface area contributed by atoms with Crippen molar-refractivity contribution in [1.82, 2.24) is 9.97 Å². The van der Waals surface area contributed by atoms with E-state index in [-0.39, 0.29) is 4.21 Å². The number of hydrogen-bond acceptors (Lipinski definition) is 5. The third kappa shape index (κ3) is 3.69. The van der Waals surface area contributed by atoms with Crippen molar-refractivity contribution in [2.75, 3.05) is 4.72 Å². The second-order valence-electron chi connectivity index (χ2n) is 4.73. The zero-order valence-electron chi connectivity index (χ0n) is 12.0. The van der Waals surface area contributed by atoms with Gasteiger partial charge in [0, 0.05) is 17.4 Å². The van der Waals surface area contributed by atoms with Crippen molar-refractivity contribution in [3.8, 4) is 11.3 Å². The van der Waals surface area contributed by atoms with Crippen LogP contribution in [-0.4, -0.2) is 18.4 Å². The Morgan fingerprint density at radius 1 is 1.17 bits per heavy atom. The van der Waals surface area contributed by atoms with Crippen molar-refractivity contribution < 1.29 is 8.42 Å². The van der Waals surface area contributed by atoms with E-state index in [0.717, 1.165) is 22.6 Å². The van der Waals surface area contributed by atoms with Gasteiger partial charge < -0.3 is 0 Å². The van der Waals surface area contributed by atoms with Crippen molar-refractivity contribution in [3.63, 3.8) is 0 Å². The first-order valence-electron chi connectivity index (χ1n) is 6.62. The largest absolute Gasteiger partial charge is 0.279 e. The van der Waals surface area contributed by atoms with Crippen LogP contribution in [0.3, 0.4) is 0 Å². The monoisotopic (exact) mass is 365 g/mol. The van der Waals surface area contributed by atoms with Gasteiger partial charge >= 0.3 is 0 Å². The molecule has 118 valence electrons. The maximum absolute atomic E-state index is 12.3. The lowest BCUT2D eigenvalue weighted by molar-refractivity contribution is 0.603. The SMILES string of the molecule is Cc1nccc(-c2cccc(NS(=O)(=O)c3ccc(Cl)s3)c2)n1. The van der Waals surface area contributed by atoms with Crippen molar-refractivity contribution in [1.29, 1.82) is 0 Å². The molecule has 0 aliphatic rings. The zero-order valence-corrected chi connectivity index (χ0v) is 14.4. The molecule has 5 nitrogen and oxygen atoms in total. The Bertz CT molecular complexity index is 955. The van der Waals surface area contributed by atoms with E-state index < -0.39 is 10.0 Å². The first-order valence-corrected chi connectivity index (χ1v) is 9.30. The Morgan fingerprint density at radius 3 is 2.70 bits per heavy atom. The average molecular weight is 366 g/mol.